The highest BCUT2D eigenvalue weighted by molar-refractivity contribution is 5.24. The van der Waals surface area contributed by atoms with Gasteiger partial charge in [0.15, 0.2) is 0 Å². The number of rotatable bonds is 4. The Kier molecular flexibility index (Phi) is 4.22. The van der Waals surface area contributed by atoms with E-state index < -0.39 is 0 Å². The van der Waals surface area contributed by atoms with Gasteiger partial charge in [-0.25, -0.2) is 0 Å². The third kappa shape index (κ3) is 3.24. The zero-order valence-corrected chi connectivity index (χ0v) is 8.88. The minimum atomic E-state index is 0.154. The van der Waals surface area contributed by atoms with Crippen molar-refractivity contribution in [2.75, 3.05) is 6.54 Å². The third-order valence-electron chi connectivity index (χ3n) is 2.17. The summed E-state index contributed by atoms with van der Waals surface area (Å²) >= 11 is 0. The molecule has 1 atom stereocenters. The van der Waals surface area contributed by atoms with Crippen LogP contribution >= 0.6 is 0 Å². The average molecular weight is 187 g/mol. The molecule has 14 heavy (non-hydrogen) atoms. The Morgan fingerprint density at radius 3 is 2.86 bits per heavy atom. The van der Waals surface area contributed by atoms with Gasteiger partial charge in [0.1, 0.15) is 0 Å². The van der Waals surface area contributed by atoms with Crippen molar-refractivity contribution in [1.29, 1.82) is 0 Å². The molecule has 0 fully saturated rings. The smallest absolute Gasteiger partial charge is 0.0727 e. The van der Waals surface area contributed by atoms with Crippen LogP contribution in [0.15, 0.2) is 24.3 Å². The molecule has 1 unspecified atom stereocenters. The molecule has 0 aliphatic rings. The molecule has 0 aromatic heterocycles. The van der Waals surface area contributed by atoms with E-state index in [1.165, 1.54) is 11.1 Å². The Bertz CT molecular complexity index is 322. The van der Waals surface area contributed by atoms with Crippen LogP contribution in [-0.2, 0) is 6.42 Å². The van der Waals surface area contributed by atoms with Crippen molar-refractivity contribution in [2.45, 2.75) is 26.3 Å². The molecule has 1 rings (SSSR count). The first-order valence-electron chi connectivity index (χ1n) is 5.01. The summed E-state index contributed by atoms with van der Waals surface area (Å²) in [5, 5.41) is 3.26. The number of hydrogen-bond acceptors (Lipinski definition) is 1. The van der Waals surface area contributed by atoms with Crippen LogP contribution in [0, 0.1) is 19.3 Å². The van der Waals surface area contributed by atoms with E-state index in [1.54, 1.807) is 0 Å². The maximum absolute atomic E-state index is 5.43. The predicted molar refractivity (Wildman–Crippen MR) is 61.2 cm³/mol. The molecule has 0 heterocycles. The molecule has 0 aliphatic carbocycles. The second-order valence-corrected chi connectivity index (χ2v) is 3.47. The van der Waals surface area contributed by atoms with E-state index >= 15 is 0 Å². The Hall–Kier alpha value is -1.26. The van der Waals surface area contributed by atoms with Crippen LogP contribution in [0.4, 0.5) is 0 Å². The number of aryl methyl sites for hydroxylation is 1. The maximum Gasteiger partial charge on any atom is 0.0727 e. The van der Waals surface area contributed by atoms with Crippen molar-refractivity contribution in [2.24, 2.45) is 0 Å². The lowest BCUT2D eigenvalue weighted by Gasteiger charge is -2.11. The van der Waals surface area contributed by atoms with E-state index in [4.69, 9.17) is 6.42 Å². The molecule has 0 saturated carbocycles. The van der Waals surface area contributed by atoms with Gasteiger partial charge in [0, 0.05) is 0 Å². The van der Waals surface area contributed by atoms with Crippen molar-refractivity contribution in [3.8, 4) is 12.3 Å². The lowest BCUT2D eigenvalue weighted by Crippen LogP contribution is -2.29. The zero-order valence-electron chi connectivity index (χ0n) is 8.88. The predicted octanol–water partition coefficient (Wildman–Crippen LogP) is 2.15. The topological polar surface area (TPSA) is 12.0 Å². The Morgan fingerprint density at radius 2 is 2.29 bits per heavy atom. The van der Waals surface area contributed by atoms with Crippen LogP contribution in [-0.4, -0.2) is 12.6 Å². The Balaban J connectivity index is 2.63. The van der Waals surface area contributed by atoms with E-state index in [1.807, 2.05) is 0 Å². The van der Waals surface area contributed by atoms with Gasteiger partial charge in [0.25, 0.3) is 0 Å². The average Bonchev–Trinajstić information content (AvgIpc) is 2.17. The van der Waals surface area contributed by atoms with E-state index in [2.05, 4.69) is 49.4 Å². The van der Waals surface area contributed by atoms with Crippen molar-refractivity contribution >= 4 is 0 Å². The van der Waals surface area contributed by atoms with E-state index in [0.29, 0.717) is 0 Å². The number of terminal acetylenes is 1. The molecule has 1 nitrogen and oxygen atoms in total. The lowest BCUT2D eigenvalue weighted by molar-refractivity contribution is 0.628. The van der Waals surface area contributed by atoms with Crippen LogP contribution < -0.4 is 5.32 Å². The van der Waals surface area contributed by atoms with Crippen LogP contribution in [0.5, 0.6) is 0 Å². The summed E-state index contributed by atoms with van der Waals surface area (Å²) in [6.07, 6.45) is 6.34. The molecule has 1 N–H and O–H groups in total. The van der Waals surface area contributed by atoms with Crippen LogP contribution in [0.2, 0.25) is 0 Å². The van der Waals surface area contributed by atoms with Crippen molar-refractivity contribution in [3.63, 3.8) is 0 Å². The first-order chi connectivity index (χ1) is 6.76. The van der Waals surface area contributed by atoms with Gasteiger partial charge in [0.05, 0.1) is 6.04 Å². The molecule has 1 aromatic carbocycles. The van der Waals surface area contributed by atoms with E-state index in [-0.39, 0.29) is 6.04 Å². The molecule has 1 aromatic rings. The van der Waals surface area contributed by atoms with Gasteiger partial charge in [-0.2, -0.15) is 0 Å². The minimum absolute atomic E-state index is 0.154. The highest BCUT2D eigenvalue weighted by atomic mass is 14.9. The van der Waals surface area contributed by atoms with E-state index in [0.717, 1.165) is 13.0 Å². The standard InChI is InChI=1S/C13H17N/c1-4-13(14-5-2)10-12-8-6-7-11(3)9-12/h1,6-9,13-14H,5,10H2,2-3H3. The fourth-order valence-electron chi connectivity index (χ4n) is 1.51. The monoisotopic (exact) mass is 187 g/mol. The van der Waals surface area contributed by atoms with Crippen LogP contribution in [0.1, 0.15) is 18.1 Å². The largest absolute Gasteiger partial charge is 0.304 e. The zero-order chi connectivity index (χ0) is 10.4. The molecule has 0 radical (unpaired) electrons. The highest BCUT2D eigenvalue weighted by Gasteiger charge is 2.03. The normalized spacial score (nSPS) is 12.1. The third-order valence-corrected chi connectivity index (χ3v) is 2.17. The van der Waals surface area contributed by atoms with Crippen molar-refractivity contribution < 1.29 is 0 Å². The van der Waals surface area contributed by atoms with Gasteiger partial charge in [0.2, 0.25) is 0 Å². The van der Waals surface area contributed by atoms with Gasteiger partial charge in [-0.15, -0.1) is 6.42 Å². The molecule has 0 aliphatic heterocycles. The van der Waals surface area contributed by atoms with Gasteiger partial charge in [-0.3, -0.25) is 0 Å². The summed E-state index contributed by atoms with van der Waals surface area (Å²) in [5.41, 5.74) is 2.59. The fourth-order valence-corrected chi connectivity index (χ4v) is 1.51. The van der Waals surface area contributed by atoms with Gasteiger partial charge >= 0.3 is 0 Å². The molecule has 74 valence electrons. The molecule has 1 heteroatoms. The lowest BCUT2D eigenvalue weighted by atomic mass is 10.0. The number of hydrogen-bond donors (Lipinski definition) is 1. The summed E-state index contributed by atoms with van der Waals surface area (Å²) in [6, 6.07) is 8.63. The Labute approximate surface area is 86.5 Å². The Morgan fingerprint density at radius 1 is 1.50 bits per heavy atom. The number of likely N-dealkylation sites (N-methyl/N-ethyl adjacent to an activating group) is 1. The summed E-state index contributed by atoms with van der Waals surface area (Å²) < 4.78 is 0. The molecule has 0 saturated heterocycles. The molecular formula is C13H17N. The van der Waals surface area contributed by atoms with Crippen molar-refractivity contribution in [1.82, 2.24) is 5.32 Å². The summed E-state index contributed by atoms with van der Waals surface area (Å²) in [5.74, 6) is 2.76. The quantitative estimate of drug-likeness (QED) is 0.712. The first kappa shape index (κ1) is 10.8. The van der Waals surface area contributed by atoms with Gasteiger partial charge in [-0.05, 0) is 25.5 Å². The van der Waals surface area contributed by atoms with E-state index in [9.17, 15) is 0 Å². The molecule has 0 amide bonds. The maximum atomic E-state index is 5.43. The summed E-state index contributed by atoms with van der Waals surface area (Å²) in [7, 11) is 0. The van der Waals surface area contributed by atoms with Crippen LogP contribution in [0.3, 0.4) is 0 Å². The SMILES string of the molecule is C#CC(Cc1cccc(C)c1)NCC. The molecule has 0 bridgehead atoms. The second-order valence-electron chi connectivity index (χ2n) is 3.47. The highest BCUT2D eigenvalue weighted by Crippen LogP contribution is 2.06. The van der Waals surface area contributed by atoms with Gasteiger partial charge < -0.3 is 5.32 Å². The van der Waals surface area contributed by atoms with Crippen LogP contribution in [0.25, 0.3) is 0 Å². The number of nitrogens with one attached hydrogen (secondary N) is 1. The fraction of sp³-hybridized carbons (Fsp3) is 0.385. The summed E-state index contributed by atoms with van der Waals surface area (Å²) in [6.45, 7) is 5.09. The minimum Gasteiger partial charge on any atom is -0.304 e. The molecular weight excluding hydrogens is 170 g/mol. The second kappa shape index (κ2) is 5.47. The van der Waals surface area contributed by atoms with Gasteiger partial charge in [-0.1, -0.05) is 42.7 Å². The van der Waals surface area contributed by atoms with Crippen molar-refractivity contribution in [3.05, 3.63) is 35.4 Å². The molecule has 0 spiro atoms. The number of benzene rings is 1. The first-order valence-corrected chi connectivity index (χ1v) is 5.01. The summed E-state index contributed by atoms with van der Waals surface area (Å²) in [4.78, 5) is 0.